The molecule has 0 aliphatic rings. The van der Waals surface area contributed by atoms with E-state index in [0.717, 1.165) is 0 Å². The van der Waals surface area contributed by atoms with E-state index in [9.17, 15) is 10.1 Å². The lowest BCUT2D eigenvalue weighted by molar-refractivity contribution is -0.384. The lowest BCUT2D eigenvalue weighted by atomic mass is 10.1. The fraction of sp³-hybridized carbons (Fsp3) is 0.100. The molecule has 0 radical (unpaired) electrons. The first-order chi connectivity index (χ1) is 7.70. The maximum atomic E-state index is 10.6. The quantitative estimate of drug-likeness (QED) is 0.654. The van der Waals surface area contributed by atoms with E-state index in [0.29, 0.717) is 16.3 Å². The number of hydrogen-bond donors (Lipinski definition) is 1. The highest BCUT2D eigenvalue weighted by Crippen LogP contribution is 2.25. The maximum absolute atomic E-state index is 10.6. The van der Waals surface area contributed by atoms with Crippen LogP contribution in [-0.2, 0) is 6.61 Å². The van der Waals surface area contributed by atoms with Crippen LogP contribution in [0.5, 0.6) is 0 Å². The summed E-state index contributed by atoms with van der Waals surface area (Å²) in [5.41, 5.74) is 1.37. The molecular weight excluding hydrogens is 228 g/mol. The molecule has 1 N–H and O–H groups in total. The van der Waals surface area contributed by atoms with E-state index in [-0.39, 0.29) is 12.3 Å². The van der Waals surface area contributed by atoms with Gasteiger partial charge in [-0.2, -0.15) is 0 Å². The Balaban J connectivity index is 2.40. The average molecular weight is 236 g/mol. The summed E-state index contributed by atoms with van der Waals surface area (Å²) in [4.78, 5) is 14.3. The second-order valence-corrected chi connectivity index (χ2v) is 4.03. The van der Waals surface area contributed by atoms with Gasteiger partial charge in [0.25, 0.3) is 5.69 Å². The Morgan fingerprint density at radius 2 is 2.31 bits per heavy atom. The zero-order chi connectivity index (χ0) is 11.5. The minimum atomic E-state index is -0.442. The Labute approximate surface area is 95.2 Å². The zero-order valence-electron chi connectivity index (χ0n) is 8.16. The van der Waals surface area contributed by atoms with Gasteiger partial charge >= 0.3 is 0 Å². The van der Waals surface area contributed by atoms with Crippen molar-refractivity contribution in [1.29, 1.82) is 0 Å². The summed E-state index contributed by atoms with van der Waals surface area (Å²) in [6, 6.07) is 6.27. The van der Waals surface area contributed by atoms with E-state index in [4.69, 9.17) is 5.11 Å². The molecular formula is C10H8N2O3S. The molecule has 0 aliphatic heterocycles. The van der Waals surface area contributed by atoms with Crippen molar-refractivity contribution in [3.63, 3.8) is 0 Å². The van der Waals surface area contributed by atoms with Crippen molar-refractivity contribution >= 4 is 17.0 Å². The van der Waals surface area contributed by atoms with Crippen LogP contribution >= 0.6 is 11.3 Å². The predicted octanol–water partition coefficient (Wildman–Crippen LogP) is 2.21. The van der Waals surface area contributed by atoms with Gasteiger partial charge < -0.3 is 5.11 Å². The number of nitro benzene ring substituents is 1. The van der Waals surface area contributed by atoms with Gasteiger partial charge in [0, 0.05) is 23.1 Å². The Kier molecular flexibility index (Phi) is 2.93. The van der Waals surface area contributed by atoms with E-state index in [1.807, 2.05) is 0 Å². The molecule has 6 heteroatoms. The smallest absolute Gasteiger partial charge is 0.270 e. The number of hydrogen-bond acceptors (Lipinski definition) is 5. The zero-order valence-corrected chi connectivity index (χ0v) is 8.98. The largest absolute Gasteiger partial charge is 0.389 e. The van der Waals surface area contributed by atoms with Crippen LogP contribution in [0.3, 0.4) is 0 Å². The van der Waals surface area contributed by atoms with Crippen LogP contribution < -0.4 is 0 Å². The average Bonchev–Trinajstić information content (AvgIpc) is 2.77. The third-order valence-electron chi connectivity index (χ3n) is 2.04. The fourth-order valence-corrected chi connectivity index (χ4v) is 1.96. The summed E-state index contributed by atoms with van der Waals surface area (Å²) in [5, 5.41) is 21.8. The number of thiazole rings is 1. The minimum absolute atomic E-state index is 0.0380. The highest BCUT2D eigenvalue weighted by molar-refractivity contribution is 7.09. The molecule has 16 heavy (non-hydrogen) atoms. The van der Waals surface area contributed by atoms with Gasteiger partial charge in [0.05, 0.1) is 17.2 Å². The molecule has 0 bridgehead atoms. The highest BCUT2D eigenvalue weighted by atomic mass is 32.1. The molecule has 0 fully saturated rings. The molecule has 82 valence electrons. The molecule has 1 heterocycles. The van der Waals surface area contributed by atoms with Crippen molar-refractivity contribution < 1.29 is 10.0 Å². The number of nitrogens with zero attached hydrogens (tertiary/aromatic N) is 2. The minimum Gasteiger partial charge on any atom is -0.389 e. The van der Waals surface area contributed by atoms with Gasteiger partial charge in [-0.3, -0.25) is 10.1 Å². The topological polar surface area (TPSA) is 76.3 Å². The molecule has 0 atom stereocenters. The summed E-state index contributed by atoms with van der Waals surface area (Å²) in [7, 11) is 0. The molecule has 5 nitrogen and oxygen atoms in total. The van der Waals surface area contributed by atoms with Gasteiger partial charge in [-0.15, -0.1) is 11.3 Å². The summed E-state index contributed by atoms with van der Waals surface area (Å²) >= 11 is 1.33. The Hall–Kier alpha value is -1.79. The van der Waals surface area contributed by atoms with Crippen LogP contribution in [0, 0.1) is 10.1 Å². The molecule has 2 aromatic rings. The number of aliphatic hydroxyl groups excluding tert-OH is 1. The van der Waals surface area contributed by atoms with Crippen molar-refractivity contribution in [2.75, 3.05) is 0 Å². The summed E-state index contributed by atoms with van der Waals surface area (Å²) < 4.78 is 0. The summed E-state index contributed by atoms with van der Waals surface area (Å²) in [6.45, 7) is -0.112. The van der Waals surface area contributed by atoms with Crippen LogP contribution in [0.2, 0.25) is 0 Å². The molecule has 2 rings (SSSR count). The van der Waals surface area contributed by atoms with Crippen LogP contribution in [0.25, 0.3) is 11.3 Å². The van der Waals surface area contributed by atoms with Crippen molar-refractivity contribution in [3.05, 3.63) is 44.8 Å². The van der Waals surface area contributed by atoms with E-state index >= 15 is 0 Å². The molecule has 0 spiro atoms. The summed E-state index contributed by atoms with van der Waals surface area (Å²) in [5.74, 6) is 0. The van der Waals surface area contributed by atoms with Crippen molar-refractivity contribution in [2.45, 2.75) is 6.61 Å². The third-order valence-corrected chi connectivity index (χ3v) is 2.87. The van der Waals surface area contributed by atoms with E-state index in [1.54, 1.807) is 17.5 Å². The molecule has 0 aliphatic carbocycles. The van der Waals surface area contributed by atoms with Crippen molar-refractivity contribution in [1.82, 2.24) is 4.98 Å². The molecule has 0 saturated carbocycles. The first kappa shape index (κ1) is 10.7. The molecule has 1 aromatic carbocycles. The number of benzene rings is 1. The van der Waals surface area contributed by atoms with Crippen LogP contribution in [0.15, 0.2) is 29.6 Å². The molecule has 0 amide bonds. The number of aromatic nitrogens is 1. The molecule has 0 saturated heterocycles. The summed E-state index contributed by atoms with van der Waals surface area (Å²) in [6.07, 6.45) is 0. The normalized spacial score (nSPS) is 10.3. The van der Waals surface area contributed by atoms with Crippen molar-refractivity contribution in [2.24, 2.45) is 0 Å². The lowest BCUT2D eigenvalue weighted by Gasteiger charge is -1.96. The van der Waals surface area contributed by atoms with Gasteiger partial charge in [-0.05, 0) is 0 Å². The van der Waals surface area contributed by atoms with Crippen LogP contribution in [0.4, 0.5) is 5.69 Å². The van der Waals surface area contributed by atoms with Gasteiger partial charge in [0.2, 0.25) is 0 Å². The molecule has 1 aromatic heterocycles. The third kappa shape index (κ3) is 2.07. The van der Waals surface area contributed by atoms with Crippen LogP contribution in [-0.4, -0.2) is 15.0 Å². The first-order valence-corrected chi connectivity index (χ1v) is 5.39. The Bertz CT molecular complexity index is 524. The number of non-ortho nitro benzene ring substituents is 1. The standard InChI is InChI=1S/C10H8N2O3S/c13-5-10-11-9(6-16-10)7-2-1-3-8(4-7)12(14)15/h1-4,6,13H,5H2. The fourth-order valence-electron chi connectivity index (χ4n) is 1.29. The van der Waals surface area contributed by atoms with Gasteiger partial charge in [0.1, 0.15) is 5.01 Å². The number of aliphatic hydroxyl groups is 1. The highest BCUT2D eigenvalue weighted by Gasteiger charge is 2.09. The SMILES string of the molecule is O=[N+]([O-])c1cccc(-c2csc(CO)n2)c1. The Morgan fingerprint density at radius 3 is 2.94 bits per heavy atom. The number of rotatable bonds is 3. The van der Waals surface area contributed by atoms with Gasteiger partial charge in [0.15, 0.2) is 0 Å². The number of nitro groups is 1. The van der Waals surface area contributed by atoms with Crippen LogP contribution in [0.1, 0.15) is 5.01 Å². The van der Waals surface area contributed by atoms with Gasteiger partial charge in [-0.1, -0.05) is 12.1 Å². The monoisotopic (exact) mass is 236 g/mol. The van der Waals surface area contributed by atoms with E-state index in [1.165, 1.54) is 23.5 Å². The van der Waals surface area contributed by atoms with E-state index < -0.39 is 4.92 Å². The predicted molar refractivity (Wildman–Crippen MR) is 60.1 cm³/mol. The lowest BCUT2D eigenvalue weighted by Crippen LogP contribution is -1.88. The molecule has 0 unspecified atom stereocenters. The second-order valence-electron chi connectivity index (χ2n) is 3.09. The first-order valence-electron chi connectivity index (χ1n) is 4.51. The van der Waals surface area contributed by atoms with Gasteiger partial charge in [-0.25, -0.2) is 4.98 Å². The van der Waals surface area contributed by atoms with Crippen molar-refractivity contribution in [3.8, 4) is 11.3 Å². The maximum Gasteiger partial charge on any atom is 0.270 e. The second kappa shape index (κ2) is 4.38. The van der Waals surface area contributed by atoms with E-state index in [2.05, 4.69) is 4.98 Å². The Morgan fingerprint density at radius 1 is 1.50 bits per heavy atom.